The maximum atomic E-state index is 12.7. The summed E-state index contributed by atoms with van der Waals surface area (Å²) in [5, 5.41) is 2.68. The second-order valence-electron chi connectivity index (χ2n) is 7.03. The van der Waals surface area contributed by atoms with Crippen molar-refractivity contribution in [2.75, 3.05) is 39.1 Å². The van der Waals surface area contributed by atoms with Gasteiger partial charge in [-0.3, -0.25) is 9.59 Å². The number of rotatable bonds is 7. The van der Waals surface area contributed by atoms with Gasteiger partial charge in [0.2, 0.25) is 15.9 Å². The van der Waals surface area contributed by atoms with Gasteiger partial charge in [0.15, 0.2) is 0 Å². The van der Waals surface area contributed by atoms with E-state index < -0.39 is 15.9 Å². The second-order valence-corrected chi connectivity index (χ2v) is 9.07. The topological polar surface area (TPSA) is 96.0 Å². The Balaban J connectivity index is 1.70. The van der Waals surface area contributed by atoms with Gasteiger partial charge in [0, 0.05) is 20.1 Å². The minimum atomic E-state index is -3.85. The highest BCUT2D eigenvalue weighted by atomic mass is 32.2. The molecular formula is C21H25N3O5S. The number of hydrogen-bond donors (Lipinski definition) is 1. The number of carbonyl (C=O) groups excluding carboxylic acids is 2. The van der Waals surface area contributed by atoms with E-state index in [4.69, 9.17) is 4.74 Å². The van der Waals surface area contributed by atoms with Crippen LogP contribution in [0.15, 0.2) is 53.4 Å². The lowest BCUT2D eigenvalue weighted by Crippen LogP contribution is -2.35. The molecule has 1 aliphatic rings. The lowest BCUT2D eigenvalue weighted by atomic mass is 10.1. The van der Waals surface area contributed by atoms with E-state index in [2.05, 4.69) is 5.32 Å². The van der Waals surface area contributed by atoms with Gasteiger partial charge in [-0.25, -0.2) is 8.42 Å². The summed E-state index contributed by atoms with van der Waals surface area (Å²) in [6.07, 6.45) is 1.93. The van der Waals surface area contributed by atoms with Crippen LogP contribution in [0.2, 0.25) is 0 Å². The molecule has 0 bridgehead atoms. The number of methoxy groups -OCH3 is 1. The third kappa shape index (κ3) is 4.80. The van der Waals surface area contributed by atoms with E-state index in [0.29, 0.717) is 30.1 Å². The lowest BCUT2D eigenvalue weighted by molar-refractivity contribution is -0.116. The number of ether oxygens (including phenoxy) is 1. The number of nitrogens with zero attached hydrogens (tertiary/aromatic N) is 2. The highest BCUT2D eigenvalue weighted by Gasteiger charge is 2.25. The van der Waals surface area contributed by atoms with Gasteiger partial charge in [0.25, 0.3) is 5.91 Å². The van der Waals surface area contributed by atoms with Crippen molar-refractivity contribution in [1.82, 2.24) is 9.21 Å². The molecule has 1 N–H and O–H groups in total. The molecule has 0 unspecified atom stereocenters. The first kappa shape index (κ1) is 21.8. The monoisotopic (exact) mass is 431 g/mol. The molecule has 0 atom stereocenters. The summed E-state index contributed by atoms with van der Waals surface area (Å²) in [5.74, 6) is -0.132. The van der Waals surface area contributed by atoms with Crippen molar-refractivity contribution in [3.05, 3.63) is 54.1 Å². The van der Waals surface area contributed by atoms with Crippen molar-refractivity contribution in [3.8, 4) is 5.75 Å². The third-order valence-electron chi connectivity index (χ3n) is 4.96. The van der Waals surface area contributed by atoms with E-state index in [1.807, 2.05) is 0 Å². The fraction of sp³-hybridized carbons (Fsp3) is 0.333. The first-order chi connectivity index (χ1) is 14.3. The number of anilines is 1. The number of benzene rings is 2. The SMILES string of the molecule is COc1ccc(S(=O)(=O)N(C)CC(=O)Nc2ccccc2C(=O)N2CCCC2)cc1. The van der Waals surface area contributed by atoms with E-state index in [-0.39, 0.29) is 17.3 Å². The molecule has 2 aromatic rings. The van der Waals surface area contributed by atoms with Crippen molar-refractivity contribution in [2.45, 2.75) is 17.7 Å². The zero-order valence-corrected chi connectivity index (χ0v) is 17.8. The van der Waals surface area contributed by atoms with E-state index in [0.717, 1.165) is 17.1 Å². The van der Waals surface area contributed by atoms with Gasteiger partial charge in [-0.05, 0) is 49.2 Å². The molecule has 1 heterocycles. The third-order valence-corrected chi connectivity index (χ3v) is 6.78. The summed E-state index contributed by atoms with van der Waals surface area (Å²) < 4.78 is 31.4. The second kappa shape index (κ2) is 9.27. The zero-order chi connectivity index (χ0) is 21.7. The highest BCUT2D eigenvalue weighted by molar-refractivity contribution is 7.89. The van der Waals surface area contributed by atoms with Crippen molar-refractivity contribution >= 4 is 27.5 Å². The van der Waals surface area contributed by atoms with Crippen molar-refractivity contribution in [3.63, 3.8) is 0 Å². The van der Waals surface area contributed by atoms with Gasteiger partial charge in [-0.15, -0.1) is 0 Å². The van der Waals surface area contributed by atoms with Gasteiger partial charge in [0.05, 0.1) is 29.8 Å². The molecule has 1 aliphatic heterocycles. The lowest BCUT2D eigenvalue weighted by Gasteiger charge is -2.19. The normalized spacial score (nSPS) is 14.0. The van der Waals surface area contributed by atoms with Crippen LogP contribution in [0.5, 0.6) is 5.75 Å². The summed E-state index contributed by atoms with van der Waals surface area (Å²) in [5.41, 5.74) is 0.767. The predicted octanol–water partition coefficient (Wildman–Crippen LogP) is 2.19. The van der Waals surface area contributed by atoms with E-state index in [9.17, 15) is 18.0 Å². The van der Waals surface area contributed by atoms with Gasteiger partial charge in [-0.1, -0.05) is 12.1 Å². The maximum Gasteiger partial charge on any atom is 0.255 e. The van der Waals surface area contributed by atoms with Crippen LogP contribution in [-0.4, -0.2) is 63.2 Å². The Labute approximate surface area is 176 Å². The van der Waals surface area contributed by atoms with Gasteiger partial charge < -0.3 is 15.0 Å². The molecule has 1 saturated heterocycles. The average molecular weight is 432 g/mol. The van der Waals surface area contributed by atoms with Gasteiger partial charge in [-0.2, -0.15) is 4.31 Å². The smallest absolute Gasteiger partial charge is 0.255 e. The van der Waals surface area contributed by atoms with Crippen LogP contribution < -0.4 is 10.1 Å². The van der Waals surface area contributed by atoms with E-state index >= 15 is 0 Å². The quantitative estimate of drug-likeness (QED) is 0.725. The summed E-state index contributed by atoms with van der Waals surface area (Å²) in [6.45, 7) is 1.01. The number of likely N-dealkylation sites (N-methyl/N-ethyl adjacent to an activating group) is 1. The molecule has 3 rings (SSSR count). The molecule has 0 aliphatic carbocycles. The van der Waals surface area contributed by atoms with Crippen LogP contribution in [0.4, 0.5) is 5.69 Å². The predicted molar refractivity (Wildman–Crippen MR) is 113 cm³/mol. The highest BCUT2D eigenvalue weighted by Crippen LogP contribution is 2.21. The molecule has 0 aromatic heterocycles. The van der Waals surface area contributed by atoms with E-state index in [1.54, 1.807) is 41.3 Å². The number of amides is 2. The molecule has 0 radical (unpaired) electrons. The molecule has 160 valence electrons. The standard InChI is InChI=1S/C21H25N3O5S/c1-23(30(27,28)17-11-9-16(29-2)10-12-17)15-20(25)22-19-8-4-3-7-18(19)21(26)24-13-5-6-14-24/h3-4,7-12H,5-6,13-15H2,1-2H3,(H,22,25). The summed E-state index contributed by atoms with van der Waals surface area (Å²) in [6, 6.07) is 12.7. The fourth-order valence-corrected chi connectivity index (χ4v) is 4.40. The van der Waals surface area contributed by atoms with Crippen molar-refractivity contribution in [1.29, 1.82) is 0 Å². The van der Waals surface area contributed by atoms with E-state index in [1.165, 1.54) is 26.3 Å². The Morgan fingerprint density at radius 1 is 1.07 bits per heavy atom. The van der Waals surface area contributed by atoms with Crippen LogP contribution >= 0.6 is 0 Å². The number of likely N-dealkylation sites (tertiary alicyclic amines) is 1. The minimum absolute atomic E-state index is 0.0585. The summed E-state index contributed by atoms with van der Waals surface area (Å²) in [7, 11) is -1.02. The molecular weight excluding hydrogens is 406 g/mol. The molecule has 9 heteroatoms. The Morgan fingerprint density at radius 2 is 1.70 bits per heavy atom. The number of para-hydroxylation sites is 1. The van der Waals surface area contributed by atoms with Crippen LogP contribution in [0.3, 0.4) is 0 Å². The Bertz CT molecular complexity index is 1020. The van der Waals surface area contributed by atoms with Crippen LogP contribution in [0.25, 0.3) is 0 Å². The van der Waals surface area contributed by atoms with Crippen LogP contribution in [0, 0.1) is 0 Å². The number of nitrogens with one attached hydrogen (secondary N) is 1. The van der Waals surface area contributed by atoms with Gasteiger partial charge >= 0.3 is 0 Å². The number of sulfonamides is 1. The average Bonchev–Trinajstić information content (AvgIpc) is 3.28. The molecule has 2 aromatic carbocycles. The molecule has 0 spiro atoms. The minimum Gasteiger partial charge on any atom is -0.497 e. The molecule has 2 amide bonds. The Hall–Kier alpha value is -2.91. The van der Waals surface area contributed by atoms with Gasteiger partial charge in [0.1, 0.15) is 5.75 Å². The van der Waals surface area contributed by atoms with Crippen LogP contribution in [-0.2, 0) is 14.8 Å². The molecule has 0 saturated carbocycles. The summed E-state index contributed by atoms with van der Waals surface area (Å²) >= 11 is 0. The zero-order valence-electron chi connectivity index (χ0n) is 17.0. The Morgan fingerprint density at radius 3 is 2.33 bits per heavy atom. The van der Waals surface area contributed by atoms with Crippen molar-refractivity contribution < 1.29 is 22.7 Å². The van der Waals surface area contributed by atoms with Crippen LogP contribution in [0.1, 0.15) is 23.2 Å². The number of carbonyl (C=O) groups is 2. The molecule has 30 heavy (non-hydrogen) atoms. The maximum absolute atomic E-state index is 12.7. The largest absolute Gasteiger partial charge is 0.497 e. The molecule has 8 nitrogen and oxygen atoms in total. The number of hydrogen-bond acceptors (Lipinski definition) is 5. The Kier molecular flexibility index (Phi) is 6.73. The first-order valence-electron chi connectivity index (χ1n) is 9.61. The van der Waals surface area contributed by atoms with Crippen molar-refractivity contribution in [2.24, 2.45) is 0 Å². The fourth-order valence-electron chi connectivity index (χ4n) is 3.27. The summed E-state index contributed by atoms with van der Waals surface area (Å²) in [4.78, 5) is 27.1. The first-order valence-corrected chi connectivity index (χ1v) is 11.1. The molecule has 1 fully saturated rings.